The van der Waals surface area contributed by atoms with Crippen LogP contribution in [0.3, 0.4) is 0 Å². The predicted octanol–water partition coefficient (Wildman–Crippen LogP) is 3.37. The molecule has 0 aliphatic rings. The normalized spacial score (nSPS) is 10.3. The lowest BCUT2D eigenvalue weighted by atomic mass is 10.1. The number of carbonyl (C=O) groups excluding carboxylic acids is 1. The number of anilines is 1. The molecule has 0 atom stereocenters. The van der Waals surface area contributed by atoms with Gasteiger partial charge < -0.3 is 15.8 Å². The number of hydrogen-bond donors (Lipinski definition) is 2. The number of nitrogens with one attached hydrogen (secondary N) is 1. The van der Waals surface area contributed by atoms with Crippen molar-refractivity contribution < 1.29 is 9.53 Å². The van der Waals surface area contributed by atoms with E-state index in [9.17, 15) is 4.79 Å². The van der Waals surface area contributed by atoms with Crippen LogP contribution in [0.2, 0.25) is 0 Å². The second kappa shape index (κ2) is 9.23. The molecule has 20 heavy (non-hydrogen) atoms. The minimum atomic E-state index is -0.130. The zero-order valence-electron chi connectivity index (χ0n) is 12.6. The molecule has 112 valence electrons. The fourth-order valence-corrected chi connectivity index (χ4v) is 2.12. The molecule has 0 saturated carbocycles. The highest BCUT2D eigenvalue weighted by Crippen LogP contribution is 2.24. The number of carbonyl (C=O) groups is 1. The summed E-state index contributed by atoms with van der Waals surface area (Å²) >= 11 is 0. The summed E-state index contributed by atoms with van der Waals surface area (Å²) in [6.07, 6.45) is 7.25. The molecular formula is C16H26N2O2. The Kier molecular flexibility index (Phi) is 7.55. The van der Waals surface area contributed by atoms with E-state index in [0.717, 1.165) is 12.8 Å². The average molecular weight is 278 g/mol. The molecule has 1 aromatic rings. The first-order valence-corrected chi connectivity index (χ1v) is 7.41. The van der Waals surface area contributed by atoms with Gasteiger partial charge >= 0.3 is 0 Å². The first-order valence-electron chi connectivity index (χ1n) is 7.41. The van der Waals surface area contributed by atoms with Crippen LogP contribution in [0.5, 0.6) is 5.75 Å². The lowest BCUT2D eigenvalue weighted by Crippen LogP contribution is -2.25. The molecule has 0 aliphatic heterocycles. The van der Waals surface area contributed by atoms with E-state index in [1.165, 1.54) is 25.7 Å². The molecule has 0 saturated heterocycles. The molecule has 4 nitrogen and oxygen atoms in total. The van der Waals surface area contributed by atoms with E-state index < -0.39 is 0 Å². The minimum Gasteiger partial charge on any atom is -0.495 e. The molecule has 1 rings (SSSR count). The molecule has 1 aromatic carbocycles. The molecule has 1 amide bonds. The maximum atomic E-state index is 12.0. The van der Waals surface area contributed by atoms with Crippen LogP contribution in [0.15, 0.2) is 18.2 Å². The zero-order chi connectivity index (χ0) is 14.8. The summed E-state index contributed by atoms with van der Waals surface area (Å²) in [6, 6.07) is 5.24. The molecule has 0 heterocycles. The Hall–Kier alpha value is -1.71. The molecule has 4 heteroatoms. The van der Waals surface area contributed by atoms with E-state index in [0.29, 0.717) is 23.5 Å². The van der Waals surface area contributed by atoms with E-state index in [4.69, 9.17) is 10.5 Å². The van der Waals surface area contributed by atoms with Crippen LogP contribution in [0.25, 0.3) is 0 Å². The predicted molar refractivity (Wildman–Crippen MR) is 83.1 cm³/mol. The number of ether oxygens (including phenoxy) is 1. The average Bonchev–Trinajstić information content (AvgIpc) is 2.46. The van der Waals surface area contributed by atoms with Crippen LogP contribution < -0.4 is 15.8 Å². The number of para-hydroxylation sites is 1. The van der Waals surface area contributed by atoms with E-state index in [2.05, 4.69) is 12.2 Å². The third-order valence-corrected chi connectivity index (χ3v) is 3.35. The van der Waals surface area contributed by atoms with Gasteiger partial charge in [0.25, 0.3) is 5.91 Å². The van der Waals surface area contributed by atoms with Crippen LogP contribution in [0.4, 0.5) is 5.69 Å². The van der Waals surface area contributed by atoms with E-state index in [-0.39, 0.29) is 5.91 Å². The second-order valence-electron chi connectivity index (χ2n) is 4.95. The number of benzene rings is 1. The third kappa shape index (κ3) is 5.11. The van der Waals surface area contributed by atoms with Gasteiger partial charge in [0, 0.05) is 6.54 Å². The fraction of sp³-hybridized carbons (Fsp3) is 0.562. The van der Waals surface area contributed by atoms with Crippen molar-refractivity contribution in [3.63, 3.8) is 0 Å². The van der Waals surface area contributed by atoms with Crippen LogP contribution >= 0.6 is 0 Å². The smallest absolute Gasteiger partial charge is 0.253 e. The van der Waals surface area contributed by atoms with E-state index in [1.807, 2.05) is 0 Å². The van der Waals surface area contributed by atoms with Gasteiger partial charge in [0.2, 0.25) is 0 Å². The molecule has 0 aromatic heterocycles. The summed E-state index contributed by atoms with van der Waals surface area (Å²) in [5.74, 6) is 0.409. The first-order chi connectivity index (χ1) is 9.70. The van der Waals surface area contributed by atoms with Crippen LogP contribution in [-0.4, -0.2) is 19.6 Å². The zero-order valence-corrected chi connectivity index (χ0v) is 12.6. The Morgan fingerprint density at radius 2 is 1.90 bits per heavy atom. The fourth-order valence-electron chi connectivity index (χ4n) is 2.12. The Balaban J connectivity index is 2.33. The van der Waals surface area contributed by atoms with Gasteiger partial charge in [-0.15, -0.1) is 0 Å². The molecular weight excluding hydrogens is 252 g/mol. The number of unbranched alkanes of at least 4 members (excludes halogenated alkanes) is 5. The van der Waals surface area contributed by atoms with Gasteiger partial charge in [-0.3, -0.25) is 4.79 Å². The standard InChI is InChI=1S/C16H26N2O2/c1-3-4-5-6-7-8-12-18-16(19)13-10-9-11-14(20-2)15(13)17/h9-11H,3-8,12,17H2,1-2H3,(H,18,19). The summed E-state index contributed by atoms with van der Waals surface area (Å²) in [5, 5.41) is 2.91. The quantitative estimate of drug-likeness (QED) is 0.537. The molecule has 0 unspecified atom stereocenters. The van der Waals surface area contributed by atoms with Gasteiger partial charge in [-0.1, -0.05) is 45.1 Å². The molecule has 0 fully saturated rings. The Bertz CT molecular complexity index is 419. The summed E-state index contributed by atoms with van der Waals surface area (Å²) in [7, 11) is 1.55. The van der Waals surface area contributed by atoms with Crippen molar-refractivity contribution in [3.8, 4) is 5.75 Å². The van der Waals surface area contributed by atoms with E-state index in [1.54, 1.807) is 25.3 Å². The SMILES string of the molecule is CCCCCCCCNC(=O)c1cccc(OC)c1N. The number of methoxy groups -OCH3 is 1. The van der Waals surface area contributed by atoms with Gasteiger partial charge in [-0.2, -0.15) is 0 Å². The van der Waals surface area contributed by atoms with Crippen LogP contribution in [0, 0.1) is 0 Å². The summed E-state index contributed by atoms with van der Waals surface area (Å²) < 4.78 is 5.11. The number of amides is 1. The highest BCUT2D eigenvalue weighted by atomic mass is 16.5. The Morgan fingerprint density at radius 1 is 1.20 bits per heavy atom. The third-order valence-electron chi connectivity index (χ3n) is 3.35. The van der Waals surface area contributed by atoms with Crippen LogP contribution in [-0.2, 0) is 0 Å². The molecule has 0 spiro atoms. The van der Waals surface area contributed by atoms with Crippen molar-refractivity contribution in [2.75, 3.05) is 19.4 Å². The highest BCUT2D eigenvalue weighted by Gasteiger charge is 2.12. The molecule has 0 bridgehead atoms. The molecule has 0 aliphatic carbocycles. The minimum absolute atomic E-state index is 0.130. The van der Waals surface area contributed by atoms with E-state index >= 15 is 0 Å². The van der Waals surface area contributed by atoms with Gasteiger partial charge in [-0.25, -0.2) is 0 Å². The van der Waals surface area contributed by atoms with Gasteiger partial charge in [0.1, 0.15) is 5.75 Å². The maximum absolute atomic E-state index is 12.0. The Morgan fingerprint density at radius 3 is 2.60 bits per heavy atom. The number of nitrogen functional groups attached to an aromatic ring is 1. The summed E-state index contributed by atoms with van der Waals surface area (Å²) in [4.78, 5) is 12.0. The number of nitrogens with two attached hydrogens (primary N) is 1. The Labute approximate surface area is 121 Å². The van der Waals surface area contributed by atoms with Crippen molar-refractivity contribution in [2.24, 2.45) is 0 Å². The monoisotopic (exact) mass is 278 g/mol. The van der Waals surface area contributed by atoms with Crippen molar-refractivity contribution in [3.05, 3.63) is 23.8 Å². The first kappa shape index (κ1) is 16.3. The van der Waals surface area contributed by atoms with Crippen molar-refractivity contribution >= 4 is 11.6 Å². The highest BCUT2D eigenvalue weighted by molar-refractivity contribution is 6.00. The van der Waals surface area contributed by atoms with Crippen molar-refractivity contribution in [1.82, 2.24) is 5.32 Å². The summed E-state index contributed by atoms with van der Waals surface area (Å²) in [6.45, 7) is 2.90. The molecule has 0 radical (unpaired) electrons. The van der Waals surface area contributed by atoms with Gasteiger partial charge in [0.05, 0.1) is 18.4 Å². The maximum Gasteiger partial charge on any atom is 0.253 e. The number of hydrogen-bond acceptors (Lipinski definition) is 3. The van der Waals surface area contributed by atoms with Crippen molar-refractivity contribution in [2.45, 2.75) is 45.4 Å². The largest absolute Gasteiger partial charge is 0.495 e. The van der Waals surface area contributed by atoms with Gasteiger partial charge in [-0.05, 0) is 18.6 Å². The van der Waals surface area contributed by atoms with Crippen LogP contribution in [0.1, 0.15) is 55.8 Å². The second-order valence-corrected chi connectivity index (χ2v) is 4.95. The summed E-state index contributed by atoms with van der Waals surface area (Å²) in [5.41, 5.74) is 6.77. The van der Waals surface area contributed by atoms with Crippen molar-refractivity contribution in [1.29, 1.82) is 0 Å². The lowest BCUT2D eigenvalue weighted by molar-refractivity contribution is 0.0953. The molecule has 3 N–H and O–H groups in total. The van der Waals surface area contributed by atoms with Gasteiger partial charge in [0.15, 0.2) is 0 Å². The number of rotatable bonds is 9. The lowest BCUT2D eigenvalue weighted by Gasteiger charge is -2.10. The topological polar surface area (TPSA) is 64.3 Å².